The Morgan fingerprint density at radius 1 is 1.07 bits per heavy atom. The molecule has 1 aromatic carbocycles. The SMILES string of the molecule is O=C(NCCn1nc(-n2cncn2)ccc1=O)c1ccc2nccnc2c1. The van der Waals surface area contributed by atoms with Gasteiger partial charge in [0.15, 0.2) is 5.82 Å². The Hall–Kier alpha value is -3.95. The van der Waals surface area contributed by atoms with Crippen molar-refractivity contribution in [3.8, 4) is 5.82 Å². The van der Waals surface area contributed by atoms with Crippen molar-refractivity contribution in [1.82, 2.24) is 39.8 Å². The average Bonchev–Trinajstić information content (AvgIpc) is 3.24. The van der Waals surface area contributed by atoms with Gasteiger partial charge in [-0.1, -0.05) is 0 Å². The van der Waals surface area contributed by atoms with E-state index in [9.17, 15) is 9.59 Å². The van der Waals surface area contributed by atoms with E-state index in [0.717, 1.165) is 5.52 Å². The number of nitrogens with one attached hydrogen (secondary N) is 1. The van der Waals surface area contributed by atoms with E-state index in [1.165, 1.54) is 28.1 Å². The van der Waals surface area contributed by atoms with E-state index in [1.807, 2.05) is 0 Å². The lowest BCUT2D eigenvalue weighted by Crippen LogP contribution is -2.32. The number of rotatable bonds is 5. The number of fused-ring (bicyclic) bond motifs is 1. The largest absolute Gasteiger partial charge is 0.350 e. The number of carbonyl (C=O) groups is 1. The van der Waals surface area contributed by atoms with E-state index in [2.05, 4.69) is 30.5 Å². The molecule has 0 spiro atoms. The number of amides is 1. The maximum Gasteiger partial charge on any atom is 0.266 e. The first-order valence-electron chi connectivity index (χ1n) is 8.13. The highest BCUT2D eigenvalue weighted by molar-refractivity contribution is 5.97. The predicted molar refractivity (Wildman–Crippen MR) is 95.3 cm³/mol. The number of nitrogens with zero attached hydrogens (tertiary/aromatic N) is 7. The Kier molecular flexibility index (Phi) is 4.35. The van der Waals surface area contributed by atoms with Gasteiger partial charge in [0.05, 0.1) is 17.6 Å². The van der Waals surface area contributed by atoms with Crippen LogP contribution in [0.5, 0.6) is 0 Å². The summed E-state index contributed by atoms with van der Waals surface area (Å²) in [4.78, 5) is 36.5. The van der Waals surface area contributed by atoms with Crippen molar-refractivity contribution in [2.24, 2.45) is 0 Å². The third-order valence-corrected chi connectivity index (χ3v) is 3.85. The van der Waals surface area contributed by atoms with Gasteiger partial charge in [0, 0.05) is 30.6 Å². The number of carbonyl (C=O) groups excluding carboxylic acids is 1. The molecule has 0 saturated heterocycles. The molecule has 0 saturated carbocycles. The van der Waals surface area contributed by atoms with Crippen LogP contribution in [0.15, 0.2) is 60.2 Å². The van der Waals surface area contributed by atoms with Gasteiger partial charge in [0.1, 0.15) is 12.7 Å². The zero-order chi connectivity index (χ0) is 18.6. The number of aromatic nitrogens is 7. The highest BCUT2D eigenvalue weighted by Crippen LogP contribution is 2.10. The lowest BCUT2D eigenvalue weighted by Gasteiger charge is -2.08. The van der Waals surface area contributed by atoms with Crippen LogP contribution >= 0.6 is 0 Å². The minimum absolute atomic E-state index is 0.223. The Morgan fingerprint density at radius 3 is 2.74 bits per heavy atom. The molecule has 3 aromatic heterocycles. The van der Waals surface area contributed by atoms with Crippen LogP contribution in [0.1, 0.15) is 10.4 Å². The summed E-state index contributed by atoms with van der Waals surface area (Å²) in [6.07, 6.45) is 6.04. The highest BCUT2D eigenvalue weighted by Gasteiger charge is 2.08. The molecule has 3 heterocycles. The fourth-order valence-corrected chi connectivity index (χ4v) is 2.53. The molecule has 4 rings (SSSR count). The molecular weight excluding hydrogens is 348 g/mol. The third-order valence-electron chi connectivity index (χ3n) is 3.85. The van der Waals surface area contributed by atoms with Crippen molar-refractivity contribution in [2.75, 3.05) is 6.54 Å². The molecule has 0 aliphatic carbocycles. The topological polar surface area (TPSA) is 120 Å². The zero-order valence-corrected chi connectivity index (χ0v) is 14.1. The average molecular weight is 362 g/mol. The van der Waals surface area contributed by atoms with Crippen LogP contribution in [0.25, 0.3) is 16.9 Å². The maximum absolute atomic E-state index is 12.3. The Balaban J connectivity index is 1.44. The number of hydrogen-bond donors (Lipinski definition) is 1. The van der Waals surface area contributed by atoms with Gasteiger partial charge in [-0.3, -0.25) is 19.6 Å². The first-order chi connectivity index (χ1) is 13.2. The van der Waals surface area contributed by atoms with Crippen LogP contribution in [-0.2, 0) is 6.54 Å². The molecule has 0 radical (unpaired) electrons. The van der Waals surface area contributed by atoms with Gasteiger partial charge < -0.3 is 5.32 Å². The summed E-state index contributed by atoms with van der Waals surface area (Å²) in [5.41, 5.74) is 1.56. The van der Waals surface area contributed by atoms with Crippen molar-refractivity contribution in [1.29, 1.82) is 0 Å². The van der Waals surface area contributed by atoms with Gasteiger partial charge >= 0.3 is 0 Å². The van der Waals surface area contributed by atoms with Crippen LogP contribution in [0.3, 0.4) is 0 Å². The van der Waals surface area contributed by atoms with Crippen LogP contribution in [-0.4, -0.2) is 47.0 Å². The van der Waals surface area contributed by atoms with E-state index in [4.69, 9.17) is 0 Å². The summed E-state index contributed by atoms with van der Waals surface area (Å²) in [5, 5.41) is 11.0. The van der Waals surface area contributed by atoms with E-state index in [1.54, 1.807) is 36.7 Å². The molecule has 134 valence electrons. The van der Waals surface area contributed by atoms with Crippen LogP contribution in [0.4, 0.5) is 0 Å². The van der Waals surface area contributed by atoms with Gasteiger partial charge in [-0.25, -0.2) is 14.3 Å². The van der Waals surface area contributed by atoms with E-state index >= 15 is 0 Å². The Bertz CT molecular complexity index is 1150. The summed E-state index contributed by atoms with van der Waals surface area (Å²) in [6.45, 7) is 0.464. The lowest BCUT2D eigenvalue weighted by molar-refractivity contribution is 0.0952. The lowest BCUT2D eigenvalue weighted by atomic mass is 10.2. The van der Waals surface area contributed by atoms with E-state index in [0.29, 0.717) is 16.9 Å². The first-order valence-corrected chi connectivity index (χ1v) is 8.13. The van der Waals surface area contributed by atoms with Crippen molar-refractivity contribution < 1.29 is 4.79 Å². The smallest absolute Gasteiger partial charge is 0.266 e. The second-order valence-electron chi connectivity index (χ2n) is 5.61. The minimum atomic E-state index is -0.269. The molecule has 27 heavy (non-hydrogen) atoms. The van der Waals surface area contributed by atoms with Gasteiger partial charge in [0.25, 0.3) is 11.5 Å². The van der Waals surface area contributed by atoms with Crippen molar-refractivity contribution in [2.45, 2.75) is 6.54 Å². The fraction of sp³-hybridized carbons (Fsp3) is 0.118. The van der Waals surface area contributed by atoms with E-state index in [-0.39, 0.29) is 24.6 Å². The molecule has 0 fully saturated rings. The molecule has 0 unspecified atom stereocenters. The summed E-state index contributed by atoms with van der Waals surface area (Å²) in [7, 11) is 0. The normalized spacial score (nSPS) is 10.8. The molecule has 1 N–H and O–H groups in total. The minimum Gasteiger partial charge on any atom is -0.350 e. The molecule has 4 aromatic rings. The number of benzene rings is 1. The molecule has 10 heteroatoms. The first kappa shape index (κ1) is 16.5. The van der Waals surface area contributed by atoms with Gasteiger partial charge in [-0.2, -0.15) is 5.10 Å². The zero-order valence-electron chi connectivity index (χ0n) is 14.1. The molecule has 10 nitrogen and oxygen atoms in total. The van der Waals surface area contributed by atoms with Gasteiger partial charge in [0.2, 0.25) is 0 Å². The van der Waals surface area contributed by atoms with Crippen LogP contribution in [0.2, 0.25) is 0 Å². The summed E-state index contributed by atoms with van der Waals surface area (Å²) in [5.74, 6) is 0.203. The summed E-state index contributed by atoms with van der Waals surface area (Å²) in [6, 6.07) is 8.05. The number of hydrogen-bond acceptors (Lipinski definition) is 7. The molecule has 1 amide bonds. The quantitative estimate of drug-likeness (QED) is 0.538. The standard InChI is InChI=1S/C17H14N8O2/c26-16-4-3-15(25-11-18-10-22-25)23-24(16)8-7-21-17(27)12-1-2-13-14(9-12)20-6-5-19-13/h1-6,9-11H,7-8H2,(H,21,27). The Morgan fingerprint density at radius 2 is 1.93 bits per heavy atom. The molecule has 0 aliphatic rings. The second kappa shape index (κ2) is 7.12. The van der Waals surface area contributed by atoms with Crippen molar-refractivity contribution >= 4 is 16.9 Å². The van der Waals surface area contributed by atoms with Gasteiger partial charge in [-0.05, 0) is 24.3 Å². The van der Waals surface area contributed by atoms with Gasteiger partial charge in [-0.15, -0.1) is 5.10 Å². The monoisotopic (exact) mass is 362 g/mol. The fourth-order valence-electron chi connectivity index (χ4n) is 2.53. The highest BCUT2D eigenvalue weighted by atomic mass is 16.2. The van der Waals surface area contributed by atoms with E-state index < -0.39 is 0 Å². The van der Waals surface area contributed by atoms with Crippen molar-refractivity contribution in [3.63, 3.8) is 0 Å². The molecule has 0 atom stereocenters. The van der Waals surface area contributed by atoms with Crippen LogP contribution in [0, 0.1) is 0 Å². The Labute approximate surface area is 152 Å². The molecular formula is C17H14N8O2. The predicted octanol–water partition coefficient (Wildman–Crippen LogP) is 0.197. The summed E-state index contributed by atoms with van der Waals surface area (Å²) >= 11 is 0. The molecule has 0 aliphatic heterocycles. The van der Waals surface area contributed by atoms with Crippen LogP contribution < -0.4 is 10.9 Å². The second-order valence-corrected chi connectivity index (χ2v) is 5.61. The third kappa shape index (κ3) is 3.54. The maximum atomic E-state index is 12.3. The molecule has 0 bridgehead atoms. The summed E-state index contributed by atoms with van der Waals surface area (Å²) < 4.78 is 2.72. The van der Waals surface area contributed by atoms with Crippen molar-refractivity contribution in [3.05, 3.63) is 71.3 Å².